The van der Waals surface area contributed by atoms with E-state index in [0.29, 0.717) is 19.1 Å². The van der Waals surface area contributed by atoms with Crippen LogP contribution in [-0.4, -0.2) is 35.8 Å². The van der Waals surface area contributed by atoms with E-state index in [1.54, 1.807) is 7.11 Å². The third-order valence-electron chi connectivity index (χ3n) is 2.28. The first kappa shape index (κ1) is 13.7. The molecule has 96 valence electrons. The fourth-order valence-electron chi connectivity index (χ4n) is 1.56. The minimum Gasteiger partial charge on any atom is -0.478 e. The van der Waals surface area contributed by atoms with Crippen LogP contribution in [0.5, 0.6) is 5.88 Å². The van der Waals surface area contributed by atoms with Crippen LogP contribution in [0.15, 0.2) is 6.33 Å². The Labute approximate surface area is 103 Å². The number of hydrogen-bond acceptors (Lipinski definition) is 5. The summed E-state index contributed by atoms with van der Waals surface area (Å²) in [7, 11) is 1.68. The molecule has 17 heavy (non-hydrogen) atoms. The topological polar surface area (TPSA) is 56.3 Å². The van der Waals surface area contributed by atoms with Crippen LogP contribution in [-0.2, 0) is 4.74 Å². The van der Waals surface area contributed by atoms with Crippen molar-refractivity contribution >= 4 is 5.82 Å². The summed E-state index contributed by atoms with van der Waals surface area (Å²) < 4.78 is 10.6. The summed E-state index contributed by atoms with van der Waals surface area (Å²) >= 11 is 0. The number of nitrogens with zero attached hydrogens (tertiary/aromatic N) is 2. The summed E-state index contributed by atoms with van der Waals surface area (Å²) in [5.41, 5.74) is 0.732. The standard InChI is InChI=1S/C12H21N3O2/c1-6-17-11-9(2)10(13-8-14-11)15-12(3,4)7-16-5/h8H,6-7H2,1-5H3,(H,13,14,15). The quantitative estimate of drug-likeness (QED) is 0.823. The van der Waals surface area contributed by atoms with Crippen LogP contribution in [0.1, 0.15) is 26.3 Å². The first-order chi connectivity index (χ1) is 8.00. The summed E-state index contributed by atoms with van der Waals surface area (Å²) in [4.78, 5) is 8.33. The van der Waals surface area contributed by atoms with Crippen LogP contribution < -0.4 is 10.1 Å². The van der Waals surface area contributed by atoms with Crippen LogP contribution in [0.25, 0.3) is 0 Å². The predicted molar refractivity (Wildman–Crippen MR) is 67.5 cm³/mol. The van der Waals surface area contributed by atoms with Crippen LogP contribution >= 0.6 is 0 Å². The van der Waals surface area contributed by atoms with E-state index in [1.807, 2.05) is 13.8 Å². The average Bonchev–Trinajstić information content (AvgIpc) is 2.24. The van der Waals surface area contributed by atoms with E-state index in [-0.39, 0.29) is 5.54 Å². The normalized spacial score (nSPS) is 11.4. The second kappa shape index (κ2) is 5.82. The van der Waals surface area contributed by atoms with E-state index in [4.69, 9.17) is 9.47 Å². The van der Waals surface area contributed by atoms with Crippen molar-refractivity contribution in [2.24, 2.45) is 0 Å². The summed E-state index contributed by atoms with van der Waals surface area (Å²) in [5.74, 6) is 1.41. The molecule has 5 nitrogen and oxygen atoms in total. The molecule has 1 aromatic rings. The van der Waals surface area contributed by atoms with Crippen LogP contribution in [0.2, 0.25) is 0 Å². The van der Waals surface area contributed by atoms with Gasteiger partial charge in [-0.2, -0.15) is 0 Å². The summed E-state index contributed by atoms with van der Waals surface area (Å²) in [6.07, 6.45) is 1.50. The molecule has 1 N–H and O–H groups in total. The van der Waals surface area contributed by atoms with Gasteiger partial charge in [-0.15, -0.1) is 0 Å². The van der Waals surface area contributed by atoms with Gasteiger partial charge in [0.25, 0.3) is 0 Å². The highest BCUT2D eigenvalue weighted by Crippen LogP contribution is 2.23. The SMILES string of the molecule is CCOc1ncnc(NC(C)(C)COC)c1C. The second-order valence-electron chi connectivity index (χ2n) is 4.53. The van der Waals surface area contributed by atoms with Crippen molar-refractivity contribution in [2.45, 2.75) is 33.2 Å². The fraction of sp³-hybridized carbons (Fsp3) is 0.667. The highest BCUT2D eigenvalue weighted by Gasteiger charge is 2.20. The maximum absolute atomic E-state index is 5.43. The number of methoxy groups -OCH3 is 1. The predicted octanol–water partition coefficient (Wildman–Crippen LogP) is 2.02. The van der Waals surface area contributed by atoms with Crippen molar-refractivity contribution < 1.29 is 9.47 Å². The Morgan fingerprint density at radius 3 is 2.65 bits per heavy atom. The van der Waals surface area contributed by atoms with Crippen molar-refractivity contribution in [3.05, 3.63) is 11.9 Å². The zero-order chi connectivity index (χ0) is 12.9. The molecule has 0 bridgehead atoms. The molecule has 0 fully saturated rings. The summed E-state index contributed by atoms with van der Waals surface area (Å²) in [6.45, 7) is 9.18. The van der Waals surface area contributed by atoms with Gasteiger partial charge in [0.05, 0.1) is 24.3 Å². The van der Waals surface area contributed by atoms with E-state index in [9.17, 15) is 0 Å². The molecule has 0 atom stereocenters. The third-order valence-corrected chi connectivity index (χ3v) is 2.28. The van der Waals surface area contributed by atoms with Crippen molar-refractivity contribution in [1.82, 2.24) is 9.97 Å². The minimum atomic E-state index is -0.183. The number of nitrogens with one attached hydrogen (secondary N) is 1. The highest BCUT2D eigenvalue weighted by atomic mass is 16.5. The highest BCUT2D eigenvalue weighted by molar-refractivity contribution is 5.49. The van der Waals surface area contributed by atoms with Gasteiger partial charge in [0.15, 0.2) is 0 Å². The summed E-state index contributed by atoms with van der Waals surface area (Å²) in [6, 6.07) is 0. The Balaban J connectivity index is 2.87. The minimum absolute atomic E-state index is 0.183. The van der Waals surface area contributed by atoms with E-state index < -0.39 is 0 Å². The molecule has 5 heteroatoms. The molecule has 0 radical (unpaired) electrons. The van der Waals surface area contributed by atoms with Gasteiger partial charge in [0, 0.05) is 7.11 Å². The molecule has 0 aromatic carbocycles. The molecule has 1 heterocycles. The molecule has 1 rings (SSSR count). The second-order valence-corrected chi connectivity index (χ2v) is 4.53. The lowest BCUT2D eigenvalue weighted by atomic mass is 10.1. The Morgan fingerprint density at radius 2 is 2.06 bits per heavy atom. The number of rotatable bonds is 6. The smallest absolute Gasteiger partial charge is 0.221 e. The zero-order valence-corrected chi connectivity index (χ0v) is 11.2. The molecule has 0 saturated heterocycles. The van der Waals surface area contributed by atoms with E-state index >= 15 is 0 Å². The first-order valence-corrected chi connectivity index (χ1v) is 5.71. The maximum atomic E-state index is 5.43. The molecule has 0 saturated carbocycles. The van der Waals surface area contributed by atoms with Gasteiger partial charge in [-0.25, -0.2) is 9.97 Å². The zero-order valence-electron chi connectivity index (χ0n) is 11.2. The third kappa shape index (κ3) is 3.85. The molecule has 0 aliphatic rings. The molecular weight excluding hydrogens is 218 g/mol. The lowest BCUT2D eigenvalue weighted by Crippen LogP contribution is -2.36. The van der Waals surface area contributed by atoms with Gasteiger partial charge in [0.2, 0.25) is 5.88 Å². The van der Waals surface area contributed by atoms with Gasteiger partial charge in [-0.3, -0.25) is 0 Å². The van der Waals surface area contributed by atoms with Crippen molar-refractivity contribution in [3.8, 4) is 5.88 Å². The van der Waals surface area contributed by atoms with Gasteiger partial charge in [-0.1, -0.05) is 0 Å². The number of aromatic nitrogens is 2. The Kier molecular flexibility index (Phi) is 4.69. The molecule has 1 aromatic heterocycles. The first-order valence-electron chi connectivity index (χ1n) is 5.71. The van der Waals surface area contributed by atoms with Gasteiger partial charge < -0.3 is 14.8 Å². The van der Waals surface area contributed by atoms with Crippen molar-refractivity contribution in [1.29, 1.82) is 0 Å². The number of anilines is 1. The van der Waals surface area contributed by atoms with E-state index in [1.165, 1.54) is 6.33 Å². The Hall–Kier alpha value is -1.36. The average molecular weight is 239 g/mol. The van der Waals surface area contributed by atoms with Gasteiger partial charge in [-0.05, 0) is 27.7 Å². The molecule has 0 aliphatic carbocycles. The Morgan fingerprint density at radius 1 is 1.35 bits per heavy atom. The maximum Gasteiger partial charge on any atom is 0.221 e. The van der Waals surface area contributed by atoms with Crippen LogP contribution in [0.4, 0.5) is 5.82 Å². The largest absolute Gasteiger partial charge is 0.478 e. The van der Waals surface area contributed by atoms with Crippen molar-refractivity contribution in [2.75, 3.05) is 25.6 Å². The molecular formula is C12H21N3O2. The monoisotopic (exact) mass is 239 g/mol. The fourth-order valence-corrected chi connectivity index (χ4v) is 1.56. The van der Waals surface area contributed by atoms with Crippen LogP contribution in [0.3, 0.4) is 0 Å². The molecule has 0 spiro atoms. The molecule has 0 aliphatic heterocycles. The van der Waals surface area contributed by atoms with Crippen molar-refractivity contribution in [3.63, 3.8) is 0 Å². The summed E-state index contributed by atoms with van der Waals surface area (Å²) in [5, 5.41) is 3.33. The van der Waals surface area contributed by atoms with Gasteiger partial charge in [0.1, 0.15) is 12.1 Å². The molecule has 0 amide bonds. The molecule has 0 unspecified atom stereocenters. The Bertz CT molecular complexity index is 367. The van der Waals surface area contributed by atoms with E-state index in [2.05, 4.69) is 29.1 Å². The van der Waals surface area contributed by atoms with Crippen LogP contribution in [0, 0.1) is 6.92 Å². The lowest BCUT2D eigenvalue weighted by molar-refractivity contribution is 0.158. The van der Waals surface area contributed by atoms with E-state index in [0.717, 1.165) is 11.4 Å². The van der Waals surface area contributed by atoms with Gasteiger partial charge >= 0.3 is 0 Å². The number of ether oxygens (including phenoxy) is 2. The number of hydrogen-bond donors (Lipinski definition) is 1. The lowest BCUT2D eigenvalue weighted by Gasteiger charge is -2.26.